The largest absolute Gasteiger partial charge is 0.325 e. The van der Waals surface area contributed by atoms with Gasteiger partial charge in [-0.2, -0.15) is 0 Å². The lowest BCUT2D eigenvalue weighted by Gasteiger charge is -2.24. The number of carbonyl (C=O) groups excluding carboxylic acids is 1. The van der Waals surface area contributed by atoms with Crippen molar-refractivity contribution < 1.29 is 4.79 Å². The van der Waals surface area contributed by atoms with Crippen LogP contribution < -0.4 is 5.32 Å². The minimum Gasteiger partial charge on any atom is -0.325 e. The molecule has 0 spiro atoms. The summed E-state index contributed by atoms with van der Waals surface area (Å²) in [4.78, 5) is 14.7. The van der Waals surface area contributed by atoms with Gasteiger partial charge in [-0.15, -0.1) is 0 Å². The van der Waals surface area contributed by atoms with Gasteiger partial charge in [0.1, 0.15) is 0 Å². The second kappa shape index (κ2) is 13.7. The van der Waals surface area contributed by atoms with Crippen molar-refractivity contribution in [3.63, 3.8) is 0 Å². The molecule has 0 saturated heterocycles. The van der Waals surface area contributed by atoms with Crippen LogP contribution in [0.15, 0.2) is 24.3 Å². The first-order valence-corrected chi connectivity index (χ1v) is 10.3. The Hall–Kier alpha value is -1.51. The molecule has 1 aromatic carbocycles. The molecule has 0 aliphatic carbocycles. The van der Waals surface area contributed by atoms with Crippen molar-refractivity contribution in [3.05, 3.63) is 29.8 Å². The summed E-state index contributed by atoms with van der Waals surface area (Å²) < 4.78 is 0. The number of nitrogens with one attached hydrogen (secondary N) is 1. The van der Waals surface area contributed by atoms with E-state index in [0.717, 1.165) is 37.2 Å². The third-order valence-corrected chi connectivity index (χ3v) is 4.74. The van der Waals surface area contributed by atoms with Gasteiger partial charge < -0.3 is 10.2 Å². The minimum absolute atomic E-state index is 0.0558. The van der Waals surface area contributed by atoms with Crippen LogP contribution in [0.5, 0.6) is 0 Å². The van der Waals surface area contributed by atoms with Crippen molar-refractivity contribution in [1.29, 1.82) is 0 Å². The Labute approximate surface area is 155 Å². The van der Waals surface area contributed by atoms with Gasteiger partial charge >= 0.3 is 6.03 Å². The predicted octanol–water partition coefficient (Wildman–Crippen LogP) is 6.77. The standard InChI is InChI=1S/C22H38N2O/c1-4-6-8-10-14-18-24(19-15-11-9-7-5-2)22(25)23-21-17-13-12-16-20(21)3/h12-13,16-17H,4-11,14-15,18-19H2,1-3H3,(H,23,25). The molecule has 0 unspecified atom stereocenters. The molecule has 3 nitrogen and oxygen atoms in total. The SMILES string of the molecule is CCCCCCCN(CCCCCCC)C(=O)Nc1ccccc1C. The maximum Gasteiger partial charge on any atom is 0.321 e. The number of benzene rings is 1. The number of urea groups is 1. The van der Waals surface area contributed by atoms with Gasteiger partial charge in [0.05, 0.1) is 0 Å². The van der Waals surface area contributed by atoms with E-state index in [4.69, 9.17) is 0 Å². The molecule has 1 aromatic rings. The Kier molecular flexibility index (Phi) is 11.8. The van der Waals surface area contributed by atoms with E-state index in [0.29, 0.717) is 0 Å². The van der Waals surface area contributed by atoms with Crippen molar-refractivity contribution in [2.45, 2.75) is 85.0 Å². The number of para-hydroxylation sites is 1. The quantitative estimate of drug-likeness (QED) is 0.393. The van der Waals surface area contributed by atoms with Gasteiger partial charge in [0, 0.05) is 18.8 Å². The average molecular weight is 347 g/mol. The average Bonchev–Trinajstić information content (AvgIpc) is 2.61. The van der Waals surface area contributed by atoms with Gasteiger partial charge in [-0.05, 0) is 31.4 Å². The molecule has 1 rings (SSSR count). The van der Waals surface area contributed by atoms with Crippen molar-refractivity contribution in [2.75, 3.05) is 18.4 Å². The number of rotatable bonds is 13. The highest BCUT2D eigenvalue weighted by Crippen LogP contribution is 2.15. The molecular formula is C22H38N2O. The highest BCUT2D eigenvalue weighted by molar-refractivity contribution is 5.90. The summed E-state index contributed by atoms with van der Waals surface area (Å²) in [6.45, 7) is 8.25. The monoisotopic (exact) mass is 346 g/mol. The smallest absolute Gasteiger partial charge is 0.321 e. The number of hydrogen-bond acceptors (Lipinski definition) is 1. The maximum atomic E-state index is 12.7. The van der Waals surface area contributed by atoms with E-state index in [2.05, 4.69) is 19.2 Å². The highest BCUT2D eigenvalue weighted by atomic mass is 16.2. The third-order valence-electron chi connectivity index (χ3n) is 4.74. The normalized spacial score (nSPS) is 10.7. The Balaban J connectivity index is 2.49. The summed E-state index contributed by atoms with van der Waals surface area (Å²) in [6.07, 6.45) is 12.3. The lowest BCUT2D eigenvalue weighted by Crippen LogP contribution is -2.36. The van der Waals surface area contributed by atoms with Gasteiger partial charge in [0.25, 0.3) is 0 Å². The second-order valence-corrected chi connectivity index (χ2v) is 7.06. The van der Waals surface area contributed by atoms with Crippen LogP contribution in [0.25, 0.3) is 0 Å². The Bertz CT molecular complexity index is 459. The molecule has 3 heteroatoms. The van der Waals surface area contributed by atoms with E-state index in [1.165, 1.54) is 51.4 Å². The van der Waals surface area contributed by atoms with E-state index in [9.17, 15) is 4.79 Å². The van der Waals surface area contributed by atoms with E-state index < -0.39 is 0 Å². The van der Waals surface area contributed by atoms with E-state index in [-0.39, 0.29) is 6.03 Å². The van der Waals surface area contributed by atoms with Crippen molar-refractivity contribution in [1.82, 2.24) is 4.90 Å². The molecule has 2 amide bonds. The Morgan fingerprint density at radius 3 is 1.88 bits per heavy atom. The van der Waals surface area contributed by atoms with Gasteiger partial charge in [-0.25, -0.2) is 4.79 Å². The lowest BCUT2D eigenvalue weighted by molar-refractivity contribution is 0.209. The first-order valence-electron chi connectivity index (χ1n) is 10.3. The summed E-state index contributed by atoms with van der Waals surface area (Å²) in [6, 6.07) is 8.05. The molecule has 0 bridgehead atoms. The van der Waals surface area contributed by atoms with Gasteiger partial charge in [-0.3, -0.25) is 0 Å². The molecule has 0 aromatic heterocycles. The van der Waals surface area contributed by atoms with Crippen molar-refractivity contribution in [3.8, 4) is 0 Å². The van der Waals surface area contributed by atoms with Crippen LogP contribution >= 0.6 is 0 Å². The van der Waals surface area contributed by atoms with Crippen LogP contribution in [0.3, 0.4) is 0 Å². The zero-order chi connectivity index (χ0) is 18.3. The molecule has 25 heavy (non-hydrogen) atoms. The topological polar surface area (TPSA) is 32.3 Å². The predicted molar refractivity (Wildman–Crippen MR) is 109 cm³/mol. The lowest BCUT2D eigenvalue weighted by atomic mass is 10.1. The zero-order valence-electron chi connectivity index (χ0n) is 16.7. The van der Waals surface area contributed by atoms with Crippen LogP contribution in [0, 0.1) is 6.92 Å². The molecule has 0 heterocycles. The maximum absolute atomic E-state index is 12.7. The van der Waals surface area contributed by atoms with Crippen LogP contribution in [0.4, 0.5) is 10.5 Å². The van der Waals surface area contributed by atoms with Gasteiger partial charge in [0.15, 0.2) is 0 Å². The van der Waals surface area contributed by atoms with Crippen LogP contribution in [0.2, 0.25) is 0 Å². The molecule has 0 radical (unpaired) electrons. The Morgan fingerprint density at radius 1 is 0.840 bits per heavy atom. The number of hydrogen-bond donors (Lipinski definition) is 1. The molecule has 0 atom stereocenters. The van der Waals surface area contributed by atoms with Gasteiger partial charge in [0.2, 0.25) is 0 Å². The third kappa shape index (κ3) is 9.52. The minimum atomic E-state index is 0.0558. The summed E-state index contributed by atoms with van der Waals surface area (Å²) >= 11 is 0. The number of aryl methyl sites for hydroxylation is 1. The number of nitrogens with zero attached hydrogens (tertiary/aromatic N) is 1. The van der Waals surface area contributed by atoms with E-state index >= 15 is 0 Å². The molecule has 0 fully saturated rings. The van der Waals surface area contributed by atoms with Crippen LogP contribution in [-0.4, -0.2) is 24.0 Å². The van der Waals surface area contributed by atoms with E-state index in [1.54, 1.807) is 0 Å². The summed E-state index contributed by atoms with van der Waals surface area (Å²) in [5, 5.41) is 3.10. The fourth-order valence-corrected chi connectivity index (χ4v) is 3.03. The highest BCUT2D eigenvalue weighted by Gasteiger charge is 2.13. The van der Waals surface area contributed by atoms with E-state index in [1.807, 2.05) is 36.1 Å². The zero-order valence-corrected chi connectivity index (χ0v) is 16.7. The molecule has 0 aliphatic heterocycles. The fourth-order valence-electron chi connectivity index (χ4n) is 3.03. The van der Waals surface area contributed by atoms with Crippen LogP contribution in [0.1, 0.15) is 83.6 Å². The van der Waals surface area contributed by atoms with Gasteiger partial charge in [-0.1, -0.05) is 83.4 Å². The molecule has 0 saturated carbocycles. The van der Waals surface area contributed by atoms with Crippen LogP contribution in [-0.2, 0) is 0 Å². The van der Waals surface area contributed by atoms with Crippen molar-refractivity contribution >= 4 is 11.7 Å². The molecule has 0 aliphatic rings. The molecule has 1 N–H and O–H groups in total. The second-order valence-electron chi connectivity index (χ2n) is 7.06. The molecule has 142 valence electrons. The Morgan fingerprint density at radius 2 is 1.36 bits per heavy atom. The van der Waals surface area contributed by atoms with Crippen molar-refractivity contribution in [2.24, 2.45) is 0 Å². The summed E-state index contributed by atoms with van der Waals surface area (Å²) in [5.74, 6) is 0. The first-order chi connectivity index (χ1) is 12.2. The number of unbranched alkanes of at least 4 members (excludes halogenated alkanes) is 8. The summed E-state index contributed by atoms with van der Waals surface area (Å²) in [5.41, 5.74) is 2.04. The number of anilines is 1. The summed E-state index contributed by atoms with van der Waals surface area (Å²) in [7, 11) is 0. The fraction of sp³-hybridized carbons (Fsp3) is 0.682. The molecular weight excluding hydrogens is 308 g/mol. The number of carbonyl (C=O) groups is 1. The number of amides is 2. The first kappa shape index (κ1) is 21.5.